The number of hydrogen-bond acceptors (Lipinski definition) is 4. The Balaban J connectivity index is 1.94. The molecular weight excluding hydrogens is 252 g/mol. The van der Waals surface area contributed by atoms with Crippen molar-refractivity contribution in [2.24, 2.45) is 5.73 Å². The molecule has 0 spiro atoms. The Labute approximate surface area is 118 Å². The topological polar surface area (TPSA) is 68.4 Å². The number of fused-ring (bicyclic) bond motifs is 1. The quantitative estimate of drug-likeness (QED) is 0.882. The Morgan fingerprint density at radius 3 is 2.75 bits per heavy atom. The number of pyridine rings is 1. The van der Waals surface area contributed by atoms with Gasteiger partial charge in [0.2, 0.25) is 5.88 Å². The van der Waals surface area contributed by atoms with Crippen molar-refractivity contribution in [2.45, 2.75) is 44.8 Å². The number of aryl methyl sites for hydroxylation is 1. The molecule has 1 saturated carbocycles. The summed E-state index contributed by atoms with van der Waals surface area (Å²) in [6.45, 7) is 1.98. The maximum absolute atomic E-state index is 9.88. The molecule has 4 heteroatoms. The van der Waals surface area contributed by atoms with Crippen LogP contribution in [0.25, 0.3) is 10.8 Å². The monoisotopic (exact) mass is 272 g/mol. The predicted molar refractivity (Wildman–Crippen MR) is 79.0 cm³/mol. The lowest BCUT2D eigenvalue weighted by Crippen LogP contribution is -2.31. The molecule has 1 aromatic heterocycles. The maximum atomic E-state index is 9.88. The smallest absolute Gasteiger partial charge is 0.218 e. The average molecular weight is 272 g/mol. The van der Waals surface area contributed by atoms with E-state index in [1.54, 1.807) is 6.20 Å². The van der Waals surface area contributed by atoms with Gasteiger partial charge in [-0.2, -0.15) is 0 Å². The lowest BCUT2D eigenvalue weighted by molar-refractivity contribution is 0.149. The number of rotatable bonds is 2. The van der Waals surface area contributed by atoms with Gasteiger partial charge in [0.05, 0.1) is 6.10 Å². The Hall–Kier alpha value is -1.81. The molecule has 3 N–H and O–H groups in total. The first kappa shape index (κ1) is 13.2. The molecule has 3 rings (SSSR count). The van der Waals surface area contributed by atoms with Crippen molar-refractivity contribution < 1.29 is 9.84 Å². The van der Waals surface area contributed by atoms with Gasteiger partial charge < -0.3 is 15.6 Å². The van der Waals surface area contributed by atoms with Crippen molar-refractivity contribution in [1.82, 2.24) is 4.98 Å². The summed E-state index contributed by atoms with van der Waals surface area (Å²) in [6, 6.07) is 6.04. The highest BCUT2D eigenvalue weighted by molar-refractivity contribution is 5.94. The molecule has 0 unspecified atom stereocenters. The summed E-state index contributed by atoms with van der Waals surface area (Å²) in [7, 11) is 0. The van der Waals surface area contributed by atoms with Gasteiger partial charge in [-0.1, -0.05) is 6.07 Å². The van der Waals surface area contributed by atoms with Gasteiger partial charge in [0.25, 0.3) is 0 Å². The molecule has 1 heterocycles. The zero-order valence-corrected chi connectivity index (χ0v) is 11.7. The first-order chi connectivity index (χ1) is 9.65. The van der Waals surface area contributed by atoms with Crippen molar-refractivity contribution in [2.75, 3.05) is 0 Å². The van der Waals surface area contributed by atoms with Gasteiger partial charge in [0.1, 0.15) is 5.75 Å². The van der Waals surface area contributed by atoms with Crippen LogP contribution in [0.15, 0.2) is 24.4 Å². The lowest BCUT2D eigenvalue weighted by Gasteiger charge is -2.27. The number of aromatic nitrogens is 1. The molecule has 1 aliphatic carbocycles. The Morgan fingerprint density at radius 2 is 2.00 bits per heavy atom. The van der Waals surface area contributed by atoms with Crippen LogP contribution in [0.3, 0.4) is 0 Å². The van der Waals surface area contributed by atoms with E-state index < -0.39 is 0 Å². The Kier molecular flexibility index (Phi) is 3.49. The first-order valence-corrected chi connectivity index (χ1v) is 7.14. The Morgan fingerprint density at radius 1 is 1.25 bits per heavy atom. The van der Waals surface area contributed by atoms with Crippen LogP contribution in [-0.4, -0.2) is 22.2 Å². The summed E-state index contributed by atoms with van der Waals surface area (Å²) < 4.78 is 6.16. The van der Waals surface area contributed by atoms with Crippen molar-refractivity contribution in [3.05, 3.63) is 30.0 Å². The van der Waals surface area contributed by atoms with Gasteiger partial charge in [-0.15, -0.1) is 0 Å². The molecule has 1 aliphatic rings. The van der Waals surface area contributed by atoms with Crippen molar-refractivity contribution in [3.8, 4) is 11.6 Å². The molecule has 1 fully saturated rings. The summed E-state index contributed by atoms with van der Waals surface area (Å²) in [5, 5.41) is 11.6. The third-order valence-corrected chi connectivity index (χ3v) is 4.05. The summed E-state index contributed by atoms with van der Waals surface area (Å²) in [4.78, 5) is 3.99. The van der Waals surface area contributed by atoms with E-state index >= 15 is 0 Å². The van der Waals surface area contributed by atoms with Crippen LogP contribution in [0.4, 0.5) is 0 Å². The van der Waals surface area contributed by atoms with Crippen LogP contribution < -0.4 is 10.5 Å². The first-order valence-electron chi connectivity index (χ1n) is 7.14. The number of nitrogens with two attached hydrogens (primary N) is 1. The van der Waals surface area contributed by atoms with E-state index in [0.29, 0.717) is 6.04 Å². The van der Waals surface area contributed by atoms with Gasteiger partial charge in [0.15, 0.2) is 0 Å². The summed E-state index contributed by atoms with van der Waals surface area (Å²) in [5.74, 6) is 0.889. The number of benzene rings is 1. The molecule has 2 aromatic rings. The van der Waals surface area contributed by atoms with Gasteiger partial charge in [0, 0.05) is 23.0 Å². The van der Waals surface area contributed by atoms with Crippen LogP contribution in [0.1, 0.15) is 31.2 Å². The molecule has 4 nitrogen and oxygen atoms in total. The van der Waals surface area contributed by atoms with E-state index in [0.717, 1.165) is 47.8 Å². The third kappa shape index (κ3) is 2.43. The standard InChI is InChI=1S/C16H20N2O2/c1-10-9-18-16(19)13-3-2-4-14(15(10)13)20-12-7-5-11(17)6-8-12/h2-4,9,11-12H,5-8,17H2,1H3,(H,18,19)/t11-,12+. The summed E-state index contributed by atoms with van der Waals surface area (Å²) >= 11 is 0. The van der Waals surface area contributed by atoms with E-state index in [2.05, 4.69) is 4.98 Å². The highest BCUT2D eigenvalue weighted by Crippen LogP contribution is 2.34. The predicted octanol–water partition coefficient (Wildman–Crippen LogP) is 2.90. The normalized spacial score (nSPS) is 22.9. The van der Waals surface area contributed by atoms with Crippen LogP contribution in [0.5, 0.6) is 11.6 Å². The van der Waals surface area contributed by atoms with Crippen LogP contribution in [0.2, 0.25) is 0 Å². The van der Waals surface area contributed by atoms with Crippen molar-refractivity contribution in [3.63, 3.8) is 0 Å². The molecule has 0 saturated heterocycles. The highest BCUT2D eigenvalue weighted by Gasteiger charge is 2.21. The van der Waals surface area contributed by atoms with E-state index in [1.165, 1.54) is 0 Å². The molecule has 0 bridgehead atoms. The molecular formula is C16H20N2O2. The molecule has 106 valence electrons. The Bertz CT molecular complexity index is 619. The van der Waals surface area contributed by atoms with E-state index in [4.69, 9.17) is 10.5 Å². The minimum absolute atomic E-state index is 0.0571. The van der Waals surface area contributed by atoms with Gasteiger partial charge >= 0.3 is 0 Å². The van der Waals surface area contributed by atoms with E-state index in [-0.39, 0.29) is 12.0 Å². The number of nitrogens with zero attached hydrogens (tertiary/aromatic N) is 1. The second-order valence-electron chi connectivity index (χ2n) is 5.60. The van der Waals surface area contributed by atoms with Crippen LogP contribution in [-0.2, 0) is 0 Å². The summed E-state index contributed by atoms with van der Waals surface area (Å²) in [5.41, 5.74) is 6.94. The molecule has 0 aliphatic heterocycles. The van der Waals surface area contributed by atoms with E-state index in [1.807, 2.05) is 25.1 Å². The average Bonchev–Trinajstić information content (AvgIpc) is 2.46. The fourth-order valence-corrected chi connectivity index (χ4v) is 2.90. The fourth-order valence-electron chi connectivity index (χ4n) is 2.90. The van der Waals surface area contributed by atoms with Crippen LogP contribution >= 0.6 is 0 Å². The van der Waals surface area contributed by atoms with Gasteiger partial charge in [-0.3, -0.25) is 0 Å². The van der Waals surface area contributed by atoms with E-state index in [9.17, 15) is 5.11 Å². The number of hydrogen-bond donors (Lipinski definition) is 2. The second-order valence-corrected chi connectivity index (χ2v) is 5.60. The van der Waals surface area contributed by atoms with Gasteiger partial charge in [-0.25, -0.2) is 4.98 Å². The minimum Gasteiger partial charge on any atom is -0.493 e. The van der Waals surface area contributed by atoms with Crippen molar-refractivity contribution in [1.29, 1.82) is 0 Å². The number of ether oxygens (including phenoxy) is 1. The largest absolute Gasteiger partial charge is 0.493 e. The zero-order valence-electron chi connectivity index (χ0n) is 11.7. The van der Waals surface area contributed by atoms with Gasteiger partial charge in [-0.05, 0) is 50.3 Å². The van der Waals surface area contributed by atoms with Crippen LogP contribution in [0, 0.1) is 6.92 Å². The zero-order chi connectivity index (χ0) is 14.1. The summed E-state index contributed by atoms with van der Waals surface area (Å²) in [6.07, 6.45) is 5.92. The second kappa shape index (κ2) is 5.29. The SMILES string of the molecule is Cc1cnc(O)c2cccc(O[C@H]3CC[C@@H](N)CC3)c12. The highest BCUT2D eigenvalue weighted by atomic mass is 16.5. The van der Waals surface area contributed by atoms with Crippen molar-refractivity contribution >= 4 is 10.8 Å². The molecule has 1 aromatic carbocycles. The maximum Gasteiger partial charge on any atom is 0.218 e. The lowest BCUT2D eigenvalue weighted by atomic mass is 9.93. The molecule has 0 atom stereocenters. The molecule has 20 heavy (non-hydrogen) atoms. The fraction of sp³-hybridized carbons (Fsp3) is 0.438. The number of aromatic hydroxyl groups is 1. The molecule has 0 amide bonds. The third-order valence-electron chi connectivity index (χ3n) is 4.05. The minimum atomic E-state index is 0.0571. The molecule has 0 radical (unpaired) electrons.